The van der Waals surface area contributed by atoms with Gasteiger partial charge in [-0.25, -0.2) is 0 Å². The fourth-order valence-corrected chi connectivity index (χ4v) is 5.92. The smallest absolute Gasteiger partial charge is 0.0816 e. The summed E-state index contributed by atoms with van der Waals surface area (Å²) in [5.74, 6) is 0.484. The Morgan fingerprint density at radius 2 is 1.90 bits per heavy atom. The second-order valence-corrected chi connectivity index (χ2v) is 8.40. The third-order valence-corrected chi connectivity index (χ3v) is 6.73. The molecule has 0 heterocycles. The van der Waals surface area contributed by atoms with Crippen molar-refractivity contribution in [2.24, 2.45) is 22.7 Å². The first kappa shape index (κ1) is 15.3. The zero-order chi connectivity index (χ0) is 15.4. The minimum atomic E-state index is -0.427. The molecule has 0 aromatic rings. The summed E-state index contributed by atoms with van der Waals surface area (Å²) in [6.07, 6.45) is 7.45. The lowest BCUT2D eigenvalue weighted by atomic mass is 9.47. The summed E-state index contributed by atoms with van der Waals surface area (Å²) < 4.78 is 0. The largest absolute Gasteiger partial charge is 0.392 e. The van der Waals surface area contributed by atoms with E-state index in [1.807, 2.05) is 6.08 Å². The molecule has 0 amide bonds. The van der Waals surface area contributed by atoms with Crippen molar-refractivity contribution in [3.63, 3.8) is 0 Å². The van der Waals surface area contributed by atoms with Crippen LogP contribution in [0.3, 0.4) is 0 Å². The first-order chi connectivity index (χ1) is 9.81. The Bertz CT molecular complexity index is 476. The van der Waals surface area contributed by atoms with Gasteiger partial charge in [0.05, 0.1) is 12.2 Å². The molecule has 0 aliphatic heterocycles. The molecule has 2 nitrogen and oxygen atoms in total. The molecule has 3 rings (SSSR count). The van der Waals surface area contributed by atoms with Gasteiger partial charge in [0.1, 0.15) is 0 Å². The lowest BCUT2D eigenvalue weighted by molar-refractivity contribution is -0.0811. The first-order valence-electron chi connectivity index (χ1n) is 8.52. The molecule has 0 saturated heterocycles. The number of aliphatic hydroxyl groups is 2. The molecule has 5 atom stereocenters. The van der Waals surface area contributed by atoms with Gasteiger partial charge in [-0.15, -0.1) is 6.58 Å². The van der Waals surface area contributed by atoms with E-state index in [0.29, 0.717) is 12.3 Å². The van der Waals surface area contributed by atoms with Crippen LogP contribution in [-0.4, -0.2) is 22.4 Å². The molecule has 2 N–H and O–H groups in total. The van der Waals surface area contributed by atoms with Crippen molar-refractivity contribution in [3.8, 4) is 0 Å². The average molecular weight is 290 g/mol. The second-order valence-electron chi connectivity index (χ2n) is 8.40. The third kappa shape index (κ3) is 2.14. The molecule has 3 aliphatic rings. The summed E-state index contributed by atoms with van der Waals surface area (Å²) in [5.41, 5.74) is 2.86. The van der Waals surface area contributed by atoms with E-state index in [9.17, 15) is 10.2 Å². The van der Waals surface area contributed by atoms with E-state index in [0.717, 1.165) is 24.8 Å². The van der Waals surface area contributed by atoms with Crippen molar-refractivity contribution in [3.05, 3.63) is 23.8 Å². The van der Waals surface area contributed by atoms with Crippen molar-refractivity contribution in [2.75, 3.05) is 0 Å². The summed E-state index contributed by atoms with van der Waals surface area (Å²) in [5, 5.41) is 21.5. The van der Waals surface area contributed by atoms with Crippen LogP contribution in [0.25, 0.3) is 0 Å². The quantitative estimate of drug-likeness (QED) is 0.720. The first-order valence-corrected chi connectivity index (χ1v) is 8.52. The third-order valence-electron chi connectivity index (χ3n) is 6.73. The molecule has 0 aromatic carbocycles. The summed E-state index contributed by atoms with van der Waals surface area (Å²) in [4.78, 5) is 0. The number of fused-ring (bicyclic) bond motifs is 2. The number of hydrogen-bond donors (Lipinski definition) is 2. The minimum absolute atomic E-state index is 0.0713. The molecule has 0 spiro atoms. The van der Waals surface area contributed by atoms with E-state index < -0.39 is 6.10 Å². The molecule has 21 heavy (non-hydrogen) atoms. The molecule has 0 unspecified atom stereocenters. The minimum Gasteiger partial charge on any atom is -0.392 e. The topological polar surface area (TPSA) is 40.5 Å². The Kier molecular flexibility index (Phi) is 3.61. The van der Waals surface area contributed by atoms with Crippen LogP contribution < -0.4 is 0 Å². The van der Waals surface area contributed by atoms with Crippen molar-refractivity contribution >= 4 is 0 Å². The molecule has 0 aromatic heterocycles. The van der Waals surface area contributed by atoms with E-state index in [4.69, 9.17) is 0 Å². The number of rotatable bonds is 1. The maximum absolute atomic E-state index is 10.8. The molecule has 118 valence electrons. The van der Waals surface area contributed by atoms with Crippen LogP contribution in [0.4, 0.5) is 0 Å². The highest BCUT2D eigenvalue weighted by Crippen LogP contribution is 2.61. The molecule has 1 fully saturated rings. The van der Waals surface area contributed by atoms with Crippen LogP contribution in [0.15, 0.2) is 23.8 Å². The Hall–Kier alpha value is -0.600. The maximum Gasteiger partial charge on any atom is 0.0816 e. The SMILES string of the molecule is C=C[C@H]1CCC2=C(C[C@@H](O)[C@@H]3C(C)(C)CCC[C@@]23C)[C@@H]1O. The van der Waals surface area contributed by atoms with Crippen LogP contribution in [0.2, 0.25) is 0 Å². The lowest BCUT2D eigenvalue weighted by Gasteiger charge is -2.58. The average Bonchev–Trinajstić information content (AvgIpc) is 2.38. The normalized spacial score (nSPS) is 45.8. The van der Waals surface area contributed by atoms with Crippen LogP contribution in [0.1, 0.15) is 59.3 Å². The molecule has 3 aliphatic carbocycles. The van der Waals surface area contributed by atoms with Gasteiger partial charge in [0.2, 0.25) is 0 Å². The molecular formula is C19H30O2. The summed E-state index contributed by atoms with van der Waals surface area (Å²) in [6, 6.07) is 0. The van der Waals surface area contributed by atoms with Crippen LogP contribution in [0, 0.1) is 22.7 Å². The summed E-state index contributed by atoms with van der Waals surface area (Å²) in [6.45, 7) is 10.8. The van der Waals surface area contributed by atoms with Gasteiger partial charge in [0, 0.05) is 5.92 Å². The summed E-state index contributed by atoms with van der Waals surface area (Å²) >= 11 is 0. The second kappa shape index (κ2) is 4.96. The van der Waals surface area contributed by atoms with E-state index in [2.05, 4.69) is 27.4 Å². The predicted molar refractivity (Wildman–Crippen MR) is 85.8 cm³/mol. The fraction of sp³-hybridized carbons (Fsp3) is 0.789. The highest BCUT2D eigenvalue weighted by molar-refractivity contribution is 5.35. The fourth-order valence-electron chi connectivity index (χ4n) is 5.92. The van der Waals surface area contributed by atoms with Crippen molar-refractivity contribution in [1.82, 2.24) is 0 Å². The van der Waals surface area contributed by atoms with E-state index in [-0.39, 0.29) is 22.9 Å². The Morgan fingerprint density at radius 1 is 1.19 bits per heavy atom. The van der Waals surface area contributed by atoms with Gasteiger partial charge < -0.3 is 10.2 Å². The standard InChI is InChI=1S/C19H30O2/c1-5-12-7-8-14-13(16(12)21)11-15(20)17-18(2,3)9-6-10-19(14,17)4/h5,12,15-17,20-21H,1,6-11H2,2-4H3/t12-,15+,16+,17+,19-/m0/s1. The van der Waals surface area contributed by atoms with Gasteiger partial charge in [0.15, 0.2) is 0 Å². The van der Waals surface area contributed by atoms with Crippen LogP contribution in [0.5, 0.6) is 0 Å². The zero-order valence-electron chi connectivity index (χ0n) is 13.7. The monoisotopic (exact) mass is 290 g/mol. The van der Waals surface area contributed by atoms with Gasteiger partial charge in [-0.3, -0.25) is 0 Å². The van der Waals surface area contributed by atoms with Gasteiger partial charge in [-0.1, -0.05) is 38.8 Å². The molecular weight excluding hydrogens is 260 g/mol. The lowest BCUT2D eigenvalue weighted by Crippen LogP contribution is -2.54. The van der Waals surface area contributed by atoms with E-state index >= 15 is 0 Å². The maximum atomic E-state index is 10.8. The van der Waals surface area contributed by atoms with Crippen LogP contribution >= 0.6 is 0 Å². The number of hydrogen-bond acceptors (Lipinski definition) is 2. The summed E-state index contributed by atoms with van der Waals surface area (Å²) in [7, 11) is 0. The van der Waals surface area contributed by atoms with E-state index in [1.165, 1.54) is 18.4 Å². The highest BCUT2D eigenvalue weighted by atomic mass is 16.3. The van der Waals surface area contributed by atoms with Gasteiger partial charge in [-0.2, -0.15) is 0 Å². The molecule has 0 bridgehead atoms. The Labute approximate surface area is 128 Å². The van der Waals surface area contributed by atoms with Gasteiger partial charge >= 0.3 is 0 Å². The van der Waals surface area contributed by atoms with Crippen LogP contribution in [-0.2, 0) is 0 Å². The van der Waals surface area contributed by atoms with Crippen molar-refractivity contribution < 1.29 is 10.2 Å². The predicted octanol–water partition coefficient (Wildman–Crippen LogP) is 3.84. The number of aliphatic hydroxyl groups excluding tert-OH is 2. The number of allylic oxidation sites excluding steroid dienone is 1. The molecule has 0 radical (unpaired) electrons. The highest BCUT2D eigenvalue weighted by Gasteiger charge is 2.55. The molecule has 2 heteroatoms. The van der Waals surface area contributed by atoms with Crippen molar-refractivity contribution in [1.29, 1.82) is 0 Å². The Balaban J connectivity index is 2.07. The van der Waals surface area contributed by atoms with Crippen molar-refractivity contribution in [2.45, 2.75) is 71.5 Å². The zero-order valence-corrected chi connectivity index (χ0v) is 13.7. The van der Waals surface area contributed by atoms with Gasteiger partial charge in [0.25, 0.3) is 0 Å². The Morgan fingerprint density at radius 3 is 2.57 bits per heavy atom. The molecule has 1 saturated carbocycles. The van der Waals surface area contributed by atoms with Gasteiger partial charge in [-0.05, 0) is 54.4 Å². The van der Waals surface area contributed by atoms with E-state index in [1.54, 1.807) is 0 Å².